The lowest BCUT2D eigenvalue weighted by Crippen LogP contribution is -2.35. The van der Waals surface area contributed by atoms with Gasteiger partial charge < -0.3 is 4.90 Å². The van der Waals surface area contributed by atoms with Gasteiger partial charge in [0.15, 0.2) is 5.65 Å². The average molecular weight is 325 g/mol. The van der Waals surface area contributed by atoms with Gasteiger partial charge in [0.2, 0.25) is 0 Å². The summed E-state index contributed by atoms with van der Waals surface area (Å²) in [6, 6.07) is 3.70. The lowest BCUT2D eigenvalue weighted by Gasteiger charge is -2.32. The van der Waals surface area contributed by atoms with Gasteiger partial charge in [-0.3, -0.25) is 0 Å². The van der Waals surface area contributed by atoms with Gasteiger partial charge in [0, 0.05) is 12.6 Å². The van der Waals surface area contributed by atoms with Crippen LogP contribution in [-0.2, 0) is 6.18 Å². The van der Waals surface area contributed by atoms with Crippen molar-refractivity contribution in [2.24, 2.45) is 11.8 Å². The largest absolute Gasteiger partial charge is 0.453 e. The third kappa shape index (κ3) is 2.35. The Morgan fingerprint density at radius 1 is 1.13 bits per heavy atom. The number of fused-ring (bicyclic) bond motifs is 2. The molecule has 0 amide bonds. The number of aromatic nitrogens is 4. The van der Waals surface area contributed by atoms with Crippen LogP contribution >= 0.6 is 0 Å². The fourth-order valence-electron chi connectivity index (χ4n) is 4.14. The van der Waals surface area contributed by atoms with Gasteiger partial charge in [0.25, 0.3) is 5.82 Å². The highest BCUT2D eigenvalue weighted by molar-refractivity contribution is 5.48. The van der Waals surface area contributed by atoms with E-state index in [-0.39, 0.29) is 5.65 Å². The van der Waals surface area contributed by atoms with Crippen molar-refractivity contribution in [3.63, 3.8) is 0 Å². The quantitative estimate of drug-likeness (QED) is 0.808. The van der Waals surface area contributed by atoms with Crippen molar-refractivity contribution >= 4 is 11.5 Å². The molecule has 5 nitrogen and oxygen atoms in total. The molecule has 0 radical (unpaired) electrons. The number of anilines is 1. The molecule has 0 bridgehead atoms. The molecule has 1 aliphatic carbocycles. The second-order valence-electron chi connectivity index (χ2n) is 6.63. The molecule has 0 aromatic carbocycles. The van der Waals surface area contributed by atoms with Gasteiger partial charge in [-0.15, -0.1) is 15.3 Å². The molecule has 8 heteroatoms. The Bertz CT molecular complexity index is 725. The van der Waals surface area contributed by atoms with Gasteiger partial charge in [0.1, 0.15) is 5.82 Å². The van der Waals surface area contributed by atoms with Crippen LogP contribution in [0.4, 0.5) is 19.0 Å². The Hall–Kier alpha value is -1.86. The molecule has 2 aliphatic rings. The Labute approximate surface area is 131 Å². The maximum absolute atomic E-state index is 13.0. The summed E-state index contributed by atoms with van der Waals surface area (Å²) in [6.45, 7) is 3.07. The molecule has 2 aromatic heterocycles. The minimum Gasteiger partial charge on any atom is -0.352 e. The minimum atomic E-state index is -4.56. The number of nitrogens with zero attached hydrogens (tertiary/aromatic N) is 5. The van der Waals surface area contributed by atoms with E-state index in [9.17, 15) is 13.2 Å². The fraction of sp³-hybridized carbons (Fsp3) is 0.667. The van der Waals surface area contributed by atoms with Crippen LogP contribution in [0.15, 0.2) is 12.1 Å². The number of hydrogen-bond acceptors (Lipinski definition) is 4. The van der Waals surface area contributed by atoms with E-state index >= 15 is 0 Å². The highest BCUT2D eigenvalue weighted by Crippen LogP contribution is 2.41. The van der Waals surface area contributed by atoms with E-state index in [1.165, 1.54) is 19.3 Å². The molecule has 3 atom stereocenters. The highest BCUT2D eigenvalue weighted by atomic mass is 19.4. The van der Waals surface area contributed by atoms with Crippen LogP contribution in [0.5, 0.6) is 0 Å². The van der Waals surface area contributed by atoms with E-state index < -0.39 is 12.0 Å². The molecular formula is C15H18F3N5. The molecule has 3 heterocycles. The van der Waals surface area contributed by atoms with Gasteiger partial charge in [-0.1, -0.05) is 19.8 Å². The van der Waals surface area contributed by atoms with E-state index in [0.717, 1.165) is 17.5 Å². The molecule has 124 valence electrons. The first kappa shape index (κ1) is 14.7. The van der Waals surface area contributed by atoms with Crippen molar-refractivity contribution in [3.8, 4) is 0 Å². The molecule has 0 spiro atoms. The van der Waals surface area contributed by atoms with E-state index in [1.54, 1.807) is 12.1 Å². The van der Waals surface area contributed by atoms with Crippen molar-refractivity contribution in [1.82, 2.24) is 19.8 Å². The first-order chi connectivity index (χ1) is 10.9. The Kier molecular flexibility index (Phi) is 3.24. The summed E-state index contributed by atoms with van der Waals surface area (Å²) in [4.78, 5) is 2.17. The van der Waals surface area contributed by atoms with Crippen LogP contribution < -0.4 is 4.90 Å². The second-order valence-corrected chi connectivity index (χ2v) is 6.63. The monoisotopic (exact) mass is 325 g/mol. The van der Waals surface area contributed by atoms with Crippen molar-refractivity contribution in [3.05, 3.63) is 18.0 Å². The summed E-state index contributed by atoms with van der Waals surface area (Å²) in [5, 5.41) is 11.0. The van der Waals surface area contributed by atoms with Gasteiger partial charge in [0.05, 0.1) is 0 Å². The zero-order valence-corrected chi connectivity index (χ0v) is 12.8. The molecule has 0 N–H and O–H groups in total. The van der Waals surface area contributed by atoms with Crippen LogP contribution in [0.3, 0.4) is 0 Å². The predicted octanol–water partition coefficient (Wildman–Crippen LogP) is 3.16. The van der Waals surface area contributed by atoms with Crippen molar-refractivity contribution in [1.29, 1.82) is 0 Å². The number of hydrogen-bond donors (Lipinski definition) is 0. The highest BCUT2D eigenvalue weighted by Gasteiger charge is 2.42. The van der Waals surface area contributed by atoms with Gasteiger partial charge in [-0.25, -0.2) is 0 Å². The fourth-order valence-corrected chi connectivity index (χ4v) is 4.14. The average Bonchev–Trinajstić information content (AvgIpc) is 3.08. The molecule has 2 fully saturated rings. The molecule has 3 unspecified atom stereocenters. The topological polar surface area (TPSA) is 46.3 Å². The molecule has 4 rings (SSSR count). The normalized spacial score (nSPS) is 28.3. The van der Waals surface area contributed by atoms with Crippen LogP contribution in [0.25, 0.3) is 5.65 Å². The maximum Gasteiger partial charge on any atom is 0.453 e. The maximum atomic E-state index is 13.0. The van der Waals surface area contributed by atoms with Crippen molar-refractivity contribution < 1.29 is 13.2 Å². The third-order valence-corrected chi connectivity index (χ3v) is 5.19. The number of alkyl halides is 3. The summed E-state index contributed by atoms with van der Waals surface area (Å²) in [6.07, 6.45) is 0.146. The second kappa shape index (κ2) is 5.07. The minimum absolute atomic E-state index is 0.119. The Morgan fingerprint density at radius 2 is 1.91 bits per heavy atom. The number of halogens is 3. The summed E-state index contributed by atoms with van der Waals surface area (Å²) >= 11 is 0. The lowest BCUT2D eigenvalue weighted by molar-refractivity contribution is -0.146. The molecule has 1 aliphatic heterocycles. The summed E-state index contributed by atoms with van der Waals surface area (Å²) in [7, 11) is 0. The number of rotatable bonds is 1. The van der Waals surface area contributed by atoms with Crippen LogP contribution in [0.1, 0.15) is 38.4 Å². The molecule has 1 saturated heterocycles. The van der Waals surface area contributed by atoms with Crippen molar-refractivity contribution in [2.45, 2.75) is 44.8 Å². The zero-order valence-electron chi connectivity index (χ0n) is 12.8. The summed E-state index contributed by atoms with van der Waals surface area (Å²) in [5.74, 6) is 0.677. The van der Waals surface area contributed by atoms with Crippen molar-refractivity contribution in [2.75, 3.05) is 11.4 Å². The Morgan fingerprint density at radius 3 is 2.70 bits per heavy atom. The van der Waals surface area contributed by atoms with Crippen LogP contribution in [-0.4, -0.2) is 32.4 Å². The summed E-state index contributed by atoms with van der Waals surface area (Å²) in [5.41, 5.74) is 0.119. The van der Waals surface area contributed by atoms with Gasteiger partial charge in [-0.05, 0) is 36.8 Å². The van der Waals surface area contributed by atoms with Gasteiger partial charge in [-0.2, -0.15) is 17.7 Å². The predicted molar refractivity (Wildman–Crippen MR) is 78.0 cm³/mol. The standard InChI is InChI=1S/C15H18F3N5/c1-9-8-22(11-5-3-2-4-10(9)11)13-7-6-12-19-20-14(15(16,17)18)23(12)21-13/h6-7,9-11H,2-5,8H2,1H3. The summed E-state index contributed by atoms with van der Waals surface area (Å²) < 4.78 is 39.9. The lowest BCUT2D eigenvalue weighted by atomic mass is 9.80. The zero-order chi connectivity index (χ0) is 16.2. The SMILES string of the molecule is CC1CN(c2ccc3nnc(C(F)(F)F)n3n2)C2CCCCC12. The Balaban J connectivity index is 1.74. The van der Waals surface area contributed by atoms with E-state index in [0.29, 0.717) is 23.7 Å². The molecule has 2 aromatic rings. The van der Waals surface area contributed by atoms with E-state index in [4.69, 9.17) is 0 Å². The molecule has 1 saturated carbocycles. The van der Waals surface area contributed by atoms with E-state index in [1.807, 2.05) is 0 Å². The molecular weight excluding hydrogens is 307 g/mol. The molecule has 23 heavy (non-hydrogen) atoms. The smallest absolute Gasteiger partial charge is 0.352 e. The third-order valence-electron chi connectivity index (χ3n) is 5.19. The van der Waals surface area contributed by atoms with Crippen LogP contribution in [0, 0.1) is 11.8 Å². The van der Waals surface area contributed by atoms with E-state index in [2.05, 4.69) is 27.1 Å². The van der Waals surface area contributed by atoms with Crippen LogP contribution in [0.2, 0.25) is 0 Å². The first-order valence-corrected chi connectivity index (χ1v) is 8.01. The van der Waals surface area contributed by atoms with Gasteiger partial charge >= 0.3 is 6.18 Å². The first-order valence-electron chi connectivity index (χ1n) is 8.01.